The van der Waals surface area contributed by atoms with Gasteiger partial charge in [-0.25, -0.2) is 0 Å². The molecule has 0 aromatic heterocycles. The van der Waals surface area contributed by atoms with E-state index < -0.39 is 0 Å². The second-order valence-corrected chi connectivity index (χ2v) is 7.32. The molecule has 1 saturated heterocycles. The van der Waals surface area contributed by atoms with E-state index in [1.807, 2.05) is 0 Å². The third kappa shape index (κ3) is 6.55. The first-order valence-electron chi connectivity index (χ1n) is 8.55. The van der Waals surface area contributed by atoms with Crippen molar-refractivity contribution in [1.29, 1.82) is 0 Å². The minimum absolute atomic E-state index is 0.629. The Kier molecular flexibility index (Phi) is 8.08. The average Bonchev–Trinajstić information content (AvgIpc) is 2.37. The number of rotatable bonds is 8. The molecule has 1 fully saturated rings. The van der Waals surface area contributed by atoms with Crippen LogP contribution >= 0.6 is 0 Å². The molecule has 1 aliphatic heterocycles. The fraction of sp³-hybridized carbons (Fsp3) is 1.00. The zero-order valence-electron chi connectivity index (χ0n) is 14.7. The quantitative estimate of drug-likeness (QED) is 0.739. The summed E-state index contributed by atoms with van der Waals surface area (Å²) in [7, 11) is 4.36. The van der Waals surface area contributed by atoms with E-state index in [1.165, 1.54) is 38.9 Å². The second-order valence-electron chi connectivity index (χ2n) is 7.32. The summed E-state index contributed by atoms with van der Waals surface area (Å²) >= 11 is 0. The molecule has 3 nitrogen and oxygen atoms in total. The van der Waals surface area contributed by atoms with E-state index in [1.54, 1.807) is 0 Å². The van der Waals surface area contributed by atoms with Crippen LogP contribution in [0.3, 0.4) is 0 Å². The molecule has 120 valence electrons. The van der Waals surface area contributed by atoms with Gasteiger partial charge < -0.3 is 15.1 Å². The molecule has 1 rings (SSSR count). The molecular weight excluding hydrogens is 246 g/mol. The zero-order chi connectivity index (χ0) is 15.1. The van der Waals surface area contributed by atoms with Gasteiger partial charge in [0.1, 0.15) is 0 Å². The molecule has 0 spiro atoms. The van der Waals surface area contributed by atoms with Gasteiger partial charge in [0.2, 0.25) is 0 Å². The molecule has 1 aliphatic rings. The largest absolute Gasteiger partial charge is 0.310 e. The predicted molar refractivity (Wildman–Crippen MR) is 89.2 cm³/mol. The van der Waals surface area contributed by atoms with Gasteiger partial charge in [0, 0.05) is 18.6 Å². The Bertz CT molecular complexity index is 235. The van der Waals surface area contributed by atoms with Crippen LogP contribution in [0.1, 0.15) is 47.0 Å². The third-order valence-corrected chi connectivity index (χ3v) is 4.63. The Hall–Kier alpha value is -0.120. The van der Waals surface area contributed by atoms with Gasteiger partial charge in [-0.15, -0.1) is 0 Å². The van der Waals surface area contributed by atoms with Crippen LogP contribution in [-0.2, 0) is 0 Å². The molecule has 2 unspecified atom stereocenters. The molecule has 0 aromatic carbocycles. The van der Waals surface area contributed by atoms with Gasteiger partial charge in [0.15, 0.2) is 0 Å². The summed E-state index contributed by atoms with van der Waals surface area (Å²) in [5, 5.41) is 3.92. The van der Waals surface area contributed by atoms with Crippen LogP contribution < -0.4 is 5.32 Å². The normalized spacial score (nSPS) is 21.6. The van der Waals surface area contributed by atoms with Crippen molar-refractivity contribution in [3.05, 3.63) is 0 Å². The maximum Gasteiger partial charge on any atom is 0.0199 e. The molecular formula is C17H37N3. The first-order valence-corrected chi connectivity index (χ1v) is 8.55. The number of hydrogen-bond acceptors (Lipinski definition) is 3. The smallest absolute Gasteiger partial charge is 0.0199 e. The molecule has 1 heterocycles. The molecule has 0 bridgehead atoms. The standard InChI is InChI=1S/C17H37N3/c1-7-20-10-8-16(9-11-20)15(4)18-17(12-14(2)3)13-19(5)6/h14-18H,7-13H2,1-6H3. The topological polar surface area (TPSA) is 18.5 Å². The van der Waals surface area contributed by atoms with Crippen molar-refractivity contribution < 1.29 is 0 Å². The number of nitrogens with zero attached hydrogens (tertiary/aromatic N) is 2. The van der Waals surface area contributed by atoms with E-state index in [-0.39, 0.29) is 0 Å². The molecule has 20 heavy (non-hydrogen) atoms. The summed E-state index contributed by atoms with van der Waals surface area (Å²) in [5.41, 5.74) is 0. The highest BCUT2D eigenvalue weighted by atomic mass is 15.1. The average molecular weight is 284 g/mol. The Balaban J connectivity index is 2.42. The predicted octanol–water partition coefficient (Wildman–Crippen LogP) is 2.67. The van der Waals surface area contributed by atoms with E-state index in [4.69, 9.17) is 0 Å². The maximum atomic E-state index is 3.92. The highest BCUT2D eigenvalue weighted by Gasteiger charge is 2.25. The molecule has 0 saturated carbocycles. The van der Waals surface area contributed by atoms with Crippen molar-refractivity contribution >= 4 is 0 Å². The van der Waals surface area contributed by atoms with Gasteiger partial charge >= 0.3 is 0 Å². The van der Waals surface area contributed by atoms with Crippen molar-refractivity contribution in [2.75, 3.05) is 40.3 Å². The highest BCUT2D eigenvalue weighted by Crippen LogP contribution is 2.21. The molecule has 0 radical (unpaired) electrons. The van der Waals surface area contributed by atoms with E-state index in [9.17, 15) is 0 Å². The van der Waals surface area contributed by atoms with Crippen molar-refractivity contribution in [2.45, 2.75) is 59.0 Å². The first-order chi connectivity index (χ1) is 9.42. The minimum atomic E-state index is 0.629. The Morgan fingerprint density at radius 1 is 1.15 bits per heavy atom. The van der Waals surface area contributed by atoms with Crippen LogP contribution in [0.2, 0.25) is 0 Å². The molecule has 2 atom stereocenters. The van der Waals surface area contributed by atoms with Crippen molar-refractivity contribution in [1.82, 2.24) is 15.1 Å². The van der Waals surface area contributed by atoms with Crippen LogP contribution in [0.5, 0.6) is 0 Å². The van der Waals surface area contributed by atoms with Crippen LogP contribution in [0.15, 0.2) is 0 Å². The number of piperidine rings is 1. The molecule has 0 aliphatic carbocycles. The van der Waals surface area contributed by atoms with Crippen LogP contribution in [0, 0.1) is 11.8 Å². The first kappa shape index (κ1) is 17.9. The van der Waals surface area contributed by atoms with Gasteiger partial charge in [0.05, 0.1) is 0 Å². The molecule has 0 aromatic rings. The summed E-state index contributed by atoms with van der Waals surface area (Å²) in [4.78, 5) is 4.89. The van der Waals surface area contributed by atoms with Crippen molar-refractivity contribution in [3.63, 3.8) is 0 Å². The van der Waals surface area contributed by atoms with Crippen molar-refractivity contribution in [2.24, 2.45) is 11.8 Å². The van der Waals surface area contributed by atoms with E-state index in [0.717, 1.165) is 18.4 Å². The minimum Gasteiger partial charge on any atom is -0.310 e. The fourth-order valence-corrected chi connectivity index (χ4v) is 3.48. The lowest BCUT2D eigenvalue weighted by Crippen LogP contribution is -2.48. The Labute approximate surface area is 127 Å². The lowest BCUT2D eigenvalue weighted by atomic mass is 9.89. The van der Waals surface area contributed by atoms with E-state index in [2.05, 4.69) is 56.9 Å². The van der Waals surface area contributed by atoms with Gasteiger partial charge in [-0.3, -0.25) is 0 Å². The third-order valence-electron chi connectivity index (χ3n) is 4.63. The van der Waals surface area contributed by atoms with Gasteiger partial charge in [-0.2, -0.15) is 0 Å². The summed E-state index contributed by atoms with van der Waals surface area (Å²) in [6.07, 6.45) is 3.99. The summed E-state index contributed by atoms with van der Waals surface area (Å²) in [5.74, 6) is 1.62. The van der Waals surface area contributed by atoms with Crippen LogP contribution in [0.4, 0.5) is 0 Å². The van der Waals surface area contributed by atoms with Gasteiger partial charge in [0.25, 0.3) is 0 Å². The Morgan fingerprint density at radius 2 is 1.75 bits per heavy atom. The second kappa shape index (κ2) is 9.01. The van der Waals surface area contributed by atoms with Crippen LogP contribution in [0.25, 0.3) is 0 Å². The van der Waals surface area contributed by atoms with Crippen LogP contribution in [-0.4, -0.2) is 62.2 Å². The van der Waals surface area contributed by atoms with Gasteiger partial charge in [-0.05, 0) is 71.8 Å². The molecule has 1 N–H and O–H groups in total. The number of hydrogen-bond donors (Lipinski definition) is 1. The summed E-state index contributed by atoms with van der Waals surface area (Å²) in [6, 6.07) is 1.28. The molecule has 0 amide bonds. The highest BCUT2D eigenvalue weighted by molar-refractivity contribution is 4.83. The summed E-state index contributed by atoms with van der Waals surface area (Å²) < 4.78 is 0. The van der Waals surface area contributed by atoms with Gasteiger partial charge in [-0.1, -0.05) is 20.8 Å². The zero-order valence-corrected chi connectivity index (χ0v) is 14.7. The fourth-order valence-electron chi connectivity index (χ4n) is 3.48. The van der Waals surface area contributed by atoms with Crippen molar-refractivity contribution in [3.8, 4) is 0 Å². The number of nitrogens with one attached hydrogen (secondary N) is 1. The number of likely N-dealkylation sites (tertiary alicyclic amines) is 1. The van der Waals surface area contributed by atoms with E-state index in [0.29, 0.717) is 12.1 Å². The SMILES string of the molecule is CCN1CCC(C(C)NC(CC(C)C)CN(C)C)CC1. The number of likely N-dealkylation sites (N-methyl/N-ethyl adjacent to an activating group) is 1. The monoisotopic (exact) mass is 283 g/mol. The lowest BCUT2D eigenvalue weighted by Gasteiger charge is -2.37. The van der Waals surface area contributed by atoms with E-state index >= 15 is 0 Å². The molecule has 3 heteroatoms. The lowest BCUT2D eigenvalue weighted by molar-refractivity contribution is 0.158. The Morgan fingerprint density at radius 3 is 2.20 bits per heavy atom. The summed E-state index contributed by atoms with van der Waals surface area (Å²) in [6.45, 7) is 14.3. The maximum absolute atomic E-state index is 3.92.